The number of amides is 4. The molecule has 1 N–H and O–H groups in total. The number of hydrogen-bond acceptors (Lipinski definition) is 4. The van der Waals surface area contributed by atoms with Crippen LogP contribution in [0.2, 0.25) is 0 Å². The number of anilines is 1. The van der Waals surface area contributed by atoms with Crippen LogP contribution in [0.4, 0.5) is 10.5 Å². The summed E-state index contributed by atoms with van der Waals surface area (Å²) in [5, 5.41) is 11.6. The number of fused-ring (bicyclic) bond motifs is 1. The van der Waals surface area contributed by atoms with Gasteiger partial charge in [-0.15, -0.1) is 0 Å². The molecule has 112 valence electrons. The van der Waals surface area contributed by atoms with Gasteiger partial charge in [-0.1, -0.05) is 12.1 Å². The van der Waals surface area contributed by atoms with Gasteiger partial charge in [0.2, 0.25) is 5.91 Å². The van der Waals surface area contributed by atoms with E-state index in [0.29, 0.717) is 24.2 Å². The van der Waals surface area contributed by atoms with E-state index in [1.807, 2.05) is 6.07 Å². The van der Waals surface area contributed by atoms with Crippen molar-refractivity contribution in [3.05, 3.63) is 29.8 Å². The van der Waals surface area contributed by atoms with Gasteiger partial charge in [0.05, 0.1) is 11.3 Å². The maximum atomic E-state index is 12.1. The number of rotatable bonds is 3. The van der Waals surface area contributed by atoms with Crippen molar-refractivity contribution in [1.29, 1.82) is 5.26 Å². The molecule has 2 fully saturated rings. The van der Waals surface area contributed by atoms with Crippen LogP contribution in [0.3, 0.4) is 0 Å². The molecule has 7 nitrogen and oxygen atoms in total. The number of benzene rings is 1. The molecule has 2 heterocycles. The number of hydrogen-bond donors (Lipinski definition) is 1. The van der Waals surface area contributed by atoms with E-state index in [1.165, 1.54) is 4.90 Å². The Morgan fingerprint density at radius 2 is 2.14 bits per heavy atom. The van der Waals surface area contributed by atoms with Gasteiger partial charge in [0.15, 0.2) is 0 Å². The Kier molecular flexibility index (Phi) is 3.51. The highest BCUT2D eigenvalue weighted by Crippen LogP contribution is 2.27. The zero-order valence-electron chi connectivity index (χ0n) is 11.8. The minimum absolute atomic E-state index is 0.314. The van der Waals surface area contributed by atoms with Crippen molar-refractivity contribution in [3.63, 3.8) is 0 Å². The molecule has 3 rings (SSSR count). The molecule has 0 aliphatic carbocycles. The lowest BCUT2D eigenvalue weighted by Gasteiger charge is -2.15. The van der Waals surface area contributed by atoms with Crippen LogP contribution < -0.4 is 5.32 Å². The van der Waals surface area contributed by atoms with Crippen molar-refractivity contribution in [1.82, 2.24) is 9.80 Å². The number of nitrogens with zero attached hydrogens (tertiary/aromatic N) is 3. The van der Waals surface area contributed by atoms with Crippen molar-refractivity contribution in [2.75, 3.05) is 18.4 Å². The van der Waals surface area contributed by atoms with Crippen LogP contribution in [0.5, 0.6) is 0 Å². The molecule has 2 saturated heterocycles. The smallest absolute Gasteiger partial charge is 0.323 e. The average molecular weight is 298 g/mol. The molecule has 7 heteroatoms. The van der Waals surface area contributed by atoms with Crippen LogP contribution in [-0.2, 0) is 9.59 Å². The molecule has 1 atom stereocenters. The van der Waals surface area contributed by atoms with Crippen molar-refractivity contribution in [2.24, 2.45) is 0 Å². The van der Waals surface area contributed by atoms with Crippen molar-refractivity contribution in [2.45, 2.75) is 18.9 Å². The average Bonchev–Trinajstić information content (AvgIpc) is 3.08. The lowest BCUT2D eigenvalue weighted by Crippen LogP contribution is -2.39. The third-order valence-corrected chi connectivity index (χ3v) is 3.90. The van der Waals surface area contributed by atoms with Crippen LogP contribution in [0.1, 0.15) is 18.4 Å². The Balaban J connectivity index is 1.69. The van der Waals surface area contributed by atoms with E-state index in [4.69, 9.17) is 5.26 Å². The number of carbonyl (C=O) groups excluding carboxylic acids is 3. The summed E-state index contributed by atoms with van der Waals surface area (Å²) in [6, 6.07) is 7.72. The van der Waals surface area contributed by atoms with E-state index in [1.54, 1.807) is 24.3 Å². The summed E-state index contributed by atoms with van der Waals surface area (Å²) in [5.41, 5.74) is 0.699. The Morgan fingerprint density at radius 3 is 2.86 bits per heavy atom. The van der Waals surface area contributed by atoms with Crippen LogP contribution in [0.15, 0.2) is 24.3 Å². The molecule has 2 aliphatic heterocycles. The van der Waals surface area contributed by atoms with Gasteiger partial charge in [-0.05, 0) is 25.0 Å². The van der Waals surface area contributed by atoms with Gasteiger partial charge >= 0.3 is 6.03 Å². The highest BCUT2D eigenvalue weighted by Gasteiger charge is 2.47. The molecule has 1 aromatic carbocycles. The van der Waals surface area contributed by atoms with E-state index < -0.39 is 18.0 Å². The molecule has 0 saturated carbocycles. The molecule has 0 spiro atoms. The third-order valence-electron chi connectivity index (χ3n) is 3.90. The summed E-state index contributed by atoms with van der Waals surface area (Å²) in [7, 11) is 0. The fourth-order valence-electron chi connectivity index (χ4n) is 2.85. The van der Waals surface area contributed by atoms with Gasteiger partial charge in [0, 0.05) is 6.54 Å². The Labute approximate surface area is 127 Å². The topological polar surface area (TPSA) is 93.5 Å². The first-order valence-electron chi connectivity index (χ1n) is 7.03. The highest BCUT2D eigenvalue weighted by molar-refractivity contribution is 6.08. The minimum Gasteiger partial charge on any atom is -0.323 e. The minimum atomic E-state index is -0.495. The predicted octanol–water partition coefficient (Wildman–Crippen LogP) is 0.923. The molecular formula is C15H14N4O3. The maximum absolute atomic E-state index is 12.1. The standard InChI is InChI=1S/C15H14N4O3/c16-8-10-4-1-2-5-11(10)17-13(20)9-19-14(21)12-6-3-7-18(12)15(19)22/h1-2,4-5,12H,3,6-7,9H2,(H,17,20). The number of para-hydroxylation sites is 1. The fourth-order valence-corrected chi connectivity index (χ4v) is 2.85. The van der Waals surface area contributed by atoms with Crippen molar-refractivity contribution in [3.8, 4) is 6.07 Å². The molecule has 4 amide bonds. The molecular weight excluding hydrogens is 284 g/mol. The van der Waals surface area contributed by atoms with Gasteiger partial charge in [0.1, 0.15) is 18.7 Å². The summed E-state index contributed by atoms with van der Waals surface area (Å²) < 4.78 is 0. The van der Waals surface area contributed by atoms with Gasteiger partial charge in [-0.2, -0.15) is 5.26 Å². The number of nitriles is 1. The first-order valence-corrected chi connectivity index (χ1v) is 7.03. The molecule has 0 radical (unpaired) electrons. The number of carbonyl (C=O) groups is 3. The first-order chi connectivity index (χ1) is 10.6. The molecule has 22 heavy (non-hydrogen) atoms. The zero-order valence-corrected chi connectivity index (χ0v) is 11.8. The number of imide groups is 1. The van der Waals surface area contributed by atoms with Gasteiger partial charge in [-0.25, -0.2) is 4.79 Å². The van der Waals surface area contributed by atoms with Crippen molar-refractivity contribution >= 4 is 23.5 Å². The summed E-state index contributed by atoms with van der Waals surface area (Å²) in [5.74, 6) is -0.809. The number of nitrogens with one attached hydrogen (secondary N) is 1. The third kappa shape index (κ3) is 2.29. The Bertz CT molecular complexity index is 672. The van der Waals surface area contributed by atoms with Gasteiger partial charge in [-0.3, -0.25) is 14.5 Å². The van der Waals surface area contributed by atoms with Crippen LogP contribution in [-0.4, -0.2) is 46.8 Å². The fraction of sp³-hybridized carbons (Fsp3) is 0.333. The van der Waals surface area contributed by atoms with Crippen LogP contribution in [0, 0.1) is 11.3 Å². The second kappa shape index (κ2) is 5.48. The lowest BCUT2D eigenvalue weighted by atomic mass is 10.2. The predicted molar refractivity (Wildman–Crippen MR) is 76.6 cm³/mol. The Hall–Kier alpha value is -2.88. The highest BCUT2D eigenvalue weighted by atomic mass is 16.2. The summed E-state index contributed by atoms with van der Waals surface area (Å²) in [6.45, 7) is 0.231. The maximum Gasteiger partial charge on any atom is 0.327 e. The quantitative estimate of drug-likeness (QED) is 0.840. The van der Waals surface area contributed by atoms with Gasteiger partial charge in [0.25, 0.3) is 5.91 Å². The number of urea groups is 1. The Morgan fingerprint density at radius 1 is 1.36 bits per heavy atom. The molecule has 1 unspecified atom stereocenters. The van der Waals surface area contributed by atoms with E-state index in [-0.39, 0.29) is 12.5 Å². The normalized spacial score (nSPS) is 20.0. The molecule has 0 bridgehead atoms. The summed E-state index contributed by atoms with van der Waals surface area (Å²) >= 11 is 0. The van der Waals surface area contributed by atoms with Crippen LogP contribution in [0.25, 0.3) is 0 Å². The lowest BCUT2D eigenvalue weighted by molar-refractivity contribution is -0.131. The van der Waals surface area contributed by atoms with Crippen molar-refractivity contribution < 1.29 is 14.4 Å². The van der Waals surface area contributed by atoms with E-state index in [0.717, 1.165) is 11.3 Å². The second-order valence-electron chi connectivity index (χ2n) is 5.26. The SMILES string of the molecule is N#Cc1ccccc1NC(=O)CN1C(=O)C2CCCN2C1=O. The zero-order chi connectivity index (χ0) is 15.7. The molecule has 1 aromatic rings. The molecule has 0 aromatic heterocycles. The largest absolute Gasteiger partial charge is 0.327 e. The second-order valence-corrected chi connectivity index (χ2v) is 5.26. The van der Waals surface area contributed by atoms with E-state index in [9.17, 15) is 14.4 Å². The van der Waals surface area contributed by atoms with E-state index >= 15 is 0 Å². The summed E-state index contributed by atoms with van der Waals surface area (Å²) in [6.07, 6.45) is 1.47. The van der Waals surface area contributed by atoms with E-state index in [2.05, 4.69) is 5.32 Å². The van der Waals surface area contributed by atoms with Crippen LogP contribution >= 0.6 is 0 Å². The monoisotopic (exact) mass is 298 g/mol. The summed E-state index contributed by atoms with van der Waals surface area (Å²) in [4.78, 5) is 38.8. The van der Waals surface area contributed by atoms with Gasteiger partial charge < -0.3 is 10.2 Å². The first kappa shape index (κ1) is 14.1. The molecule has 2 aliphatic rings.